The van der Waals surface area contributed by atoms with Crippen molar-refractivity contribution in [3.05, 3.63) is 23.4 Å². The molecule has 2 atom stereocenters. The fourth-order valence-corrected chi connectivity index (χ4v) is 4.21. The summed E-state index contributed by atoms with van der Waals surface area (Å²) in [5, 5.41) is 4.24. The van der Waals surface area contributed by atoms with Gasteiger partial charge in [0.1, 0.15) is 5.82 Å². The molecule has 0 amide bonds. The molecule has 1 saturated carbocycles. The minimum absolute atomic E-state index is 0.517. The Morgan fingerprint density at radius 2 is 2.27 bits per heavy atom. The zero-order valence-corrected chi connectivity index (χ0v) is 14.5. The minimum atomic E-state index is 0.517. The predicted molar refractivity (Wildman–Crippen MR) is 94.9 cm³/mol. The summed E-state index contributed by atoms with van der Waals surface area (Å²) in [6.45, 7) is 1.98. The fraction of sp³-hybridized carbons (Fsp3) is 0.722. The normalized spacial score (nSPS) is 24.0. The van der Waals surface area contributed by atoms with E-state index in [9.17, 15) is 0 Å². The third-order valence-electron chi connectivity index (χ3n) is 4.80. The van der Waals surface area contributed by atoms with E-state index in [1.807, 2.05) is 11.8 Å². The molecule has 2 heterocycles. The van der Waals surface area contributed by atoms with E-state index in [0.717, 1.165) is 37.1 Å². The third-order valence-corrected chi connectivity index (χ3v) is 5.90. The Morgan fingerprint density at radius 1 is 1.32 bits per heavy atom. The van der Waals surface area contributed by atoms with Crippen LogP contribution in [0.15, 0.2) is 12.1 Å². The second-order valence-corrected chi connectivity index (χ2v) is 7.60. The molecule has 3 nitrogen and oxygen atoms in total. The number of hydrogen-bond acceptors (Lipinski definition) is 4. The maximum atomic E-state index is 6.02. The Bertz CT molecular complexity index is 480. The lowest BCUT2D eigenvalue weighted by atomic mass is 10.1. The third kappa shape index (κ3) is 4.39. The van der Waals surface area contributed by atoms with Crippen LogP contribution in [0.3, 0.4) is 0 Å². The summed E-state index contributed by atoms with van der Waals surface area (Å²) in [5.41, 5.74) is 2.60. The zero-order chi connectivity index (χ0) is 15.2. The average Bonchev–Trinajstić information content (AvgIpc) is 3.02. The summed E-state index contributed by atoms with van der Waals surface area (Å²) in [5.74, 6) is 1.12. The van der Waals surface area contributed by atoms with Gasteiger partial charge in [-0.05, 0) is 69.3 Å². The van der Waals surface area contributed by atoms with Gasteiger partial charge in [-0.15, -0.1) is 0 Å². The first-order chi connectivity index (χ1) is 10.8. The lowest BCUT2D eigenvalue weighted by molar-refractivity contribution is 0.0562. The van der Waals surface area contributed by atoms with E-state index in [1.165, 1.54) is 49.8 Å². The lowest BCUT2D eigenvalue weighted by Gasteiger charge is -2.17. The second kappa shape index (κ2) is 8.21. The van der Waals surface area contributed by atoms with Crippen molar-refractivity contribution < 1.29 is 4.74 Å². The summed E-state index contributed by atoms with van der Waals surface area (Å²) in [4.78, 5) is 4.75. The van der Waals surface area contributed by atoms with Gasteiger partial charge in [0.25, 0.3) is 0 Å². The predicted octanol–water partition coefficient (Wildman–Crippen LogP) is 4.06. The first kappa shape index (κ1) is 16.1. The van der Waals surface area contributed by atoms with Crippen molar-refractivity contribution in [1.82, 2.24) is 4.98 Å². The van der Waals surface area contributed by atoms with Crippen molar-refractivity contribution in [3.63, 3.8) is 0 Å². The van der Waals surface area contributed by atoms with E-state index in [1.54, 1.807) is 0 Å². The molecule has 4 heteroatoms. The summed E-state index contributed by atoms with van der Waals surface area (Å²) in [7, 11) is 0. The molecular formula is C18H28N2OS. The van der Waals surface area contributed by atoms with Gasteiger partial charge in [0.2, 0.25) is 0 Å². The Labute approximate surface area is 138 Å². The van der Waals surface area contributed by atoms with E-state index >= 15 is 0 Å². The van der Waals surface area contributed by atoms with Gasteiger partial charge in [0.05, 0.1) is 6.10 Å². The lowest BCUT2D eigenvalue weighted by Crippen LogP contribution is -2.14. The van der Waals surface area contributed by atoms with Gasteiger partial charge in [-0.3, -0.25) is 0 Å². The van der Waals surface area contributed by atoms with Gasteiger partial charge in [0.15, 0.2) is 0 Å². The first-order valence-corrected chi connectivity index (χ1v) is 10.0. The maximum absolute atomic E-state index is 6.02. The van der Waals surface area contributed by atoms with Gasteiger partial charge >= 0.3 is 0 Å². The maximum Gasteiger partial charge on any atom is 0.129 e. The molecule has 0 spiro atoms. The van der Waals surface area contributed by atoms with Crippen LogP contribution in [-0.4, -0.2) is 35.7 Å². The van der Waals surface area contributed by atoms with Crippen molar-refractivity contribution in [1.29, 1.82) is 0 Å². The Hall–Kier alpha value is -0.740. The largest absolute Gasteiger partial charge is 0.378 e. The van der Waals surface area contributed by atoms with Crippen LogP contribution in [0, 0.1) is 0 Å². The van der Waals surface area contributed by atoms with Crippen LogP contribution in [0.1, 0.15) is 49.8 Å². The molecule has 1 fully saturated rings. The molecule has 1 aromatic rings. The molecular weight excluding hydrogens is 292 g/mol. The molecule has 22 heavy (non-hydrogen) atoms. The van der Waals surface area contributed by atoms with E-state index in [2.05, 4.69) is 23.7 Å². The molecule has 1 N–H and O–H groups in total. The first-order valence-electron chi connectivity index (χ1n) is 8.72. The number of aromatic nitrogens is 1. The number of aryl methyl sites for hydroxylation is 2. The van der Waals surface area contributed by atoms with Crippen molar-refractivity contribution in [2.75, 3.05) is 24.7 Å². The molecule has 1 aliphatic heterocycles. The van der Waals surface area contributed by atoms with Crippen LogP contribution >= 0.6 is 11.8 Å². The summed E-state index contributed by atoms with van der Waals surface area (Å²) < 4.78 is 6.02. The number of unbranched alkanes of at least 4 members (excludes halogenated alkanes) is 1. The van der Waals surface area contributed by atoms with Crippen LogP contribution in [0.4, 0.5) is 5.82 Å². The number of fused-ring (bicyclic) bond motifs is 1. The number of rotatable bonds is 7. The molecule has 1 aliphatic carbocycles. The Kier molecular flexibility index (Phi) is 6.02. The summed E-state index contributed by atoms with van der Waals surface area (Å²) in [6, 6.07) is 4.45. The van der Waals surface area contributed by atoms with Gasteiger partial charge in [-0.2, -0.15) is 11.8 Å². The zero-order valence-electron chi connectivity index (χ0n) is 13.6. The summed E-state index contributed by atoms with van der Waals surface area (Å²) >= 11 is 1.99. The molecule has 1 aromatic heterocycles. The average molecular weight is 321 g/mol. The minimum Gasteiger partial charge on any atom is -0.378 e. The number of pyridine rings is 1. The molecule has 2 aliphatic rings. The van der Waals surface area contributed by atoms with Crippen LogP contribution in [-0.2, 0) is 17.6 Å². The van der Waals surface area contributed by atoms with Crippen molar-refractivity contribution in [2.24, 2.45) is 0 Å². The fourth-order valence-electron chi connectivity index (χ4n) is 3.43. The Balaban J connectivity index is 1.33. The van der Waals surface area contributed by atoms with E-state index in [-0.39, 0.29) is 0 Å². The molecule has 0 bridgehead atoms. The standard InChI is InChI=1S/C18H28N2OS/c1-22-17-10-9-16(13-17)21-12-3-2-6-15-8-7-14-5-4-11-19-18(14)20-15/h7-8,16-17H,2-6,9-13H2,1H3,(H,19,20). The highest BCUT2D eigenvalue weighted by Gasteiger charge is 2.24. The van der Waals surface area contributed by atoms with E-state index in [4.69, 9.17) is 9.72 Å². The van der Waals surface area contributed by atoms with Crippen molar-refractivity contribution in [2.45, 2.75) is 62.7 Å². The van der Waals surface area contributed by atoms with Gasteiger partial charge in [-0.25, -0.2) is 4.98 Å². The van der Waals surface area contributed by atoms with Gasteiger partial charge < -0.3 is 10.1 Å². The summed E-state index contributed by atoms with van der Waals surface area (Å²) in [6.07, 6.45) is 12.3. The smallest absolute Gasteiger partial charge is 0.129 e. The quantitative estimate of drug-likeness (QED) is 0.768. The molecule has 0 aromatic carbocycles. The van der Waals surface area contributed by atoms with Crippen molar-refractivity contribution >= 4 is 17.6 Å². The molecule has 2 unspecified atom stereocenters. The number of nitrogens with zero attached hydrogens (tertiary/aromatic N) is 1. The number of nitrogens with one attached hydrogen (secondary N) is 1. The number of hydrogen-bond donors (Lipinski definition) is 1. The van der Waals surface area contributed by atoms with E-state index in [0.29, 0.717) is 6.10 Å². The van der Waals surface area contributed by atoms with Gasteiger partial charge in [-0.1, -0.05) is 6.07 Å². The highest BCUT2D eigenvalue weighted by molar-refractivity contribution is 7.99. The highest BCUT2D eigenvalue weighted by Crippen LogP contribution is 2.30. The number of ether oxygens (including phenoxy) is 1. The van der Waals surface area contributed by atoms with Crippen LogP contribution in [0.2, 0.25) is 0 Å². The molecule has 0 saturated heterocycles. The topological polar surface area (TPSA) is 34.1 Å². The molecule has 122 valence electrons. The second-order valence-electron chi connectivity index (χ2n) is 6.46. The van der Waals surface area contributed by atoms with E-state index < -0.39 is 0 Å². The van der Waals surface area contributed by atoms with Crippen molar-refractivity contribution in [3.8, 4) is 0 Å². The van der Waals surface area contributed by atoms with Crippen LogP contribution < -0.4 is 5.32 Å². The van der Waals surface area contributed by atoms with Crippen LogP contribution in [0.5, 0.6) is 0 Å². The Morgan fingerprint density at radius 3 is 3.14 bits per heavy atom. The van der Waals surface area contributed by atoms with Crippen LogP contribution in [0.25, 0.3) is 0 Å². The molecule has 0 radical (unpaired) electrons. The SMILES string of the molecule is CSC1CCC(OCCCCc2ccc3c(n2)NCCC3)C1. The van der Waals surface area contributed by atoms with Gasteiger partial charge in [0, 0.05) is 24.1 Å². The number of anilines is 1. The monoisotopic (exact) mass is 320 g/mol. The molecule has 3 rings (SSSR count). The highest BCUT2D eigenvalue weighted by atomic mass is 32.2. The number of thioether (sulfide) groups is 1.